The Morgan fingerprint density at radius 1 is 1.45 bits per heavy atom. The summed E-state index contributed by atoms with van der Waals surface area (Å²) in [5, 5.41) is 15.3. The Balaban J connectivity index is 2.49. The Hall–Kier alpha value is -2.57. The lowest BCUT2D eigenvalue weighted by Gasteiger charge is -2.09. The fraction of sp³-hybridized carbons (Fsp3) is 0.308. The van der Waals surface area contributed by atoms with Crippen LogP contribution in [0, 0.1) is 24.0 Å². The Bertz CT molecular complexity index is 664. The van der Waals surface area contributed by atoms with Crippen LogP contribution in [-0.4, -0.2) is 14.7 Å². The predicted octanol–water partition coefficient (Wildman–Crippen LogP) is 2.80. The van der Waals surface area contributed by atoms with Gasteiger partial charge in [0.1, 0.15) is 11.4 Å². The van der Waals surface area contributed by atoms with E-state index >= 15 is 0 Å². The predicted molar refractivity (Wildman–Crippen MR) is 75.0 cm³/mol. The highest BCUT2D eigenvalue weighted by atomic mass is 16.6. The van der Waals surface area contributed by atoms with Gasteiger partial charge in [0.05, 0.1) is 4.92 Å². The van der Waals surface area contributed by atoms with Gasteiger partial charge in [0.2, 0.25) is 0 Å². The molecule has 0 radical (unpaired) electrons. The smallest absolute Gasteiger partial charge is 0.353 e. The maximum atomic E-state index is 11.2. The topological polar surface area (TPSA) is 96.2 Å². The molecule has 1 aromatic carbocycles. The molecule has 7 nitrogen and oxygen atoms in total. The van der Waals surface area contributed by atoms with Crippen molar-refractivity contribution in [3.8, 4) is 11.6 Å². The maximum absolute atomic E-state index is 11.2. The number of rotatable bonds is 4. The molecule has 0 saturated carbocycles. The number of aryl methyl sites for hydroxylation is 3. The van der Waals surface area contributed by atoms with E-state index in [1.165, 1.54) is 4.68 Å². The van der Waals surface area contributed by atoms with Gasteiger partial charge in [-0.1, -0.05) is 0 Å². The minimum Gasteiger partial charge on any atom is -0.434 e. The first-order valence-electron chi connectivity index (χ1n) is 6.19. The molecule has 2 N–H and O–H groups in total. The van der Waals surface area contributed by atoms with Crippen molar-refractivity contribution in [3.63, 3.8) is 0 Å². The molecule has 0 fully saturated rings. The van der Waals surface area contributed by atoms with Crippen LogP contribution in [-0.2, 0) is 6.54 Å². The molecule has 0 amide bonds. The molecular weight excluding hydrogens is 260 g/mol. The summed E-state index contributed by atoms with van der Waals surface area (Å²) in [6.07, 6.45) is 0. The minimum atomic E-state index is -0.476. The Morgan fingerprint density at radius 3 is 2.70 bits per heavy atom. The number of nitrogen functional groups attached to an aromatic ring is 1. The van der Waals surface area contributed by atoms with Gasteiger partial charge in [-0.15, -0.1) is 0 Å². The average molecular weight is 276 g/mol. The largest absolute Gasteiger partial charge is 0.434 e. The van der Waals surface area contributed by atoms with Crippen molar-refractivity contribution in [3.05, 3.63) is 39.6 Å². The third-order valence-electron chi connectivity index (χ3n) is 2.94. The van der Waals surface area contributed by atoms with Crippen LogP contribution < -0.4 is 10.5 Å². The molecule has 2 aromatic rings. The van der Waals surface area contributed by atoms with Crippen LogP contribution in [0.3, 0.4) is 0 Å². The van der Waals surface area contributed by atoms with Gasteiger partial charge < -0.3 is 10.5 Å². The molecule has 0 spiro atoms. The monoisotopic (exact) mass is 276 g/mol. The highest BCUT2D eigenvalue weighted by molar-refractivity contribution is 5.52. The fourth-order valence-electron chi connectivity index (χ4n) is 1.97. The zero-order chi connectivity index (χ0) is 14.9. The fourth-order valence-corrected chi connectivity index (χ4v) is 1.97. The van der Waals surface area contributed by atoms with Crippen molar-refractivity contribution < 1.29 is 9.66 Å². The summed E-state index contributed by atoms with van der Waals surface area (Å²) in [5.41, 5.74) is 7.32. The van der Waals surface area contributed by atoms with Gasteiger partial charge in [0, 0.05) is 12.2 Å². The van der Waals surface area contributed by atoms with Gasteiger partial charge in [-0.2, -0.15) is 5.10 Å². The van der Waals surface area contributed by atoms with E-state index in [-0.39, 0.29) is 11.6 Å². The second kappa shape index (κ2) is 5.20. The van der Waals surface area contributed by atoms with Crippen molar-refractivity contribution in [2.45, 2.75) is 27.3 Å². The van der Waals surface area contributed by atoms with Gasteiger partial charge in [0.15, 0.2) is 0 Å². The molecule has 20 heavy (non-hydrogen) atoms. The molecule has 0 aliphatic carbocycles. The normalized spacial score (nSPS) is 10.6. The summed E-state index contributed by atoms with van der Waals surface area (Å²) in [5.74, 6) is 0.666. The van der Waals surface area contributed by atoms with E-state index in [0.29, 0.717) is 23.7 Å². The summed E-state index contributed by atoms with van der Waals surface area (Å²) >= 11 is 0. The van der Waals surface area contributed by atoms with E-state index in [2.05, 4.69) is 5.10 Å². The second-order valence-electron chi connectivity index (χ2n) is 4.44. The van der Waals surface area contributed by atoms with E-state index in [4.69, 9.17) is 10.5 Å². The SMILES string of the molecule is CCn1nc(C)c([N+](=O)[O-])c1Oc1ccc(N)cc1C. The lowest BCUT2D eigenvalue weighted by atomic mass is 10.2. The van der Waals surface area contributed by atoms with Gasteiger partial charge >= 0.3 is 5.69 Å². The van der Waals surface area contributed by atoms with E-state index in [1.807, 2.05) is 13.8 Å². The zero-order valence-corrected chi connectivity index (χ0v) is 11.6. The van der Waals surface area contributed by atoms with Gasteiger partial charge in [-0.05, 0) is 44.5 Å². The number of nitrogens with two attached hydrogens (primary N) is 1. The maximum Gasteiger partial charge on any atom is 0.353 e. The zero-order valence-electron chi connectivity index (χ0n) is 11.6. The molecule has 0 aliphatic rings. The van der Waals surface area contributed by atoms with Crippen molar-refractivity contribution >= 4 is 11.4 Å². The molecule has 106 valence electrons. The third-order valence-corrected chi connectivity index (χ3v) is 2.94. The number of anilines is 1. The number of aromatic nitrogens is 2. The number of benzene rings is 1. The van der Waals surface area contributed by atoms with Crippen LogP contribution in [0.25, 0.3) is 0 Å². The molecule has 1 aromatic heterocycles. The van der Waals surface area contributed by atoms with Crippen molar-refractivity contribution in [1.29, 1.82) is 0 Å². The quantitative estimate of drug-likeness (QED) is 0.526. The Labute approximate surface area is 116 Å². The molecular formula is C13H16N4O3. The molecule has 0 aliphatic heterocycles. The standard InChI is InChI=1S/C13H16N4O3/c1-4-16-13(12(17(18)19)9(3)15-16)20-11-6-5-10(14)7-8(11)2/h5-7H,4,14H2,1-3H3. The highest BCUT2D eigenvalue weighted by Crippen LogP contribution is 2.35. The van der Waals surface area contributed by atoms with E-state index in [0.717, 1.165) is 5.56 Å². The average Bonchev–Trinajstić information content (AvgIpc) is 2.69. The number of nitrogens with zero attached hydrogens (tertiary/aromatic N) is 3. The lowest BCUT2D eigenvalue weighted by Crippen LogP contribution is -2.02. The Kier molecular flexibility index (Phi) is 3.60. The molecule has 0 saturated heterocycles. The van der Waals surface area contributed by atoms with Crippen LogP contribution >= 0.6 is 0 Å². The van der Waals surface area contributed by atoms with E-state index in [9.17, 15) is 10.1 Å². The third kappa shape index (κ3) is 2.42. The molecule has 0 atom stereocenters. The van der Waals surface area contributed by atoms with E-state index in [1.54, 1.807) is 25.1 Å². The first kappa shape index (κ1) is 13.9. The summed E-state index contributed by atoms with van der Waals surface area (Å²) in [6, 6.07) is 5.13. The molecule has 2 rings (SSSR count). The minimum absolute atomic E-state index is 0.108. The second-order valence-corrected chi connectivity index (χ2v) is 4.44. The van der Waals surface area contributed by atoms with Gasteiger partial charge in [-0.25, -0.2) is 4.68 Å². The van der Waals surface area contributed by atoms with Crippen molar-refractivity contribution in [1.82, 2.24) is 9.78 Å². The van der Waals surface area contributed by atoms with Crippen molar-refractivity contribution in [2.75, 3.05) is 5.73 Å². The lowest BCUT2D eigenvalue weighted by molar-refractivity contribution is -0.386. The van der Waals surface area contributed by atoms with Crippen LogP contribution in [0.15, 0.2) is 18.2 Å². The number of ether oxygens (including phenoxy) is 1. The molecule has 7 heteroatoms. The number of hydrogen-bond donors (Lipinski definition) is 1. The molecule has 0 unspecified atom stereocenters. The van der Waals surface area contributed by atoms with Gasteiger partial charge in [0.25, 0.3) is 5.88 Å². The number of hydrogen-bond acceptors (Lipinski definition) is 5. The molecule has 1 heterocycles. The highest BCUT2D eigenvalue weighted by Gasteiger charge is 2.27. The molecule has 0 bridgehead atoms. The van der Waals surface area contributed by atoms with E-state index < -0.39 is 4.92 Å². The summed E-state index contributed by atoms with van der Waals surface area (Å²) in [4.78, 5) is 10.7. The van der Waals surface area contributed by atoms with Crippen LogP contribution in [0.2, 0.25) is 0 Å². The summed E-state index contributed by atoms with van der Waals surface area (Å²) < 4.78 is 7.18. The first-order chi connectivity index (χ1) is 9.43. The van der Waals surface area contributed by atoms with Crippen LogP contribution in [0.4, 0.5) is 11.4 Å². The first-order valence-corrected chi connectivity index (χ1v) is 6.19. The summed E-state index contributed by atoms with van der Waals surface area (Å²) in [7, 11) is 0. The van der Waals surface area contributed by atoms with Crippen LogP contribution in [0.5, 0.6) is 11.6 Å². The Morgan fingerprint density at radius 2 is 2.15 bits per heavy atom. The van der Waals surface area contributed by atoms with Crippen molar-refractivity contribution in [2.24, 2.45) is 0 Å². The summed E-state index contributed by atoms with van der Waals surface area (Å²) in [6.45, 7) is 5.75. The van der Waals surface area contributed by atoms with Crippen LogP contribution in [0.1, 0.15) is 18.2 Å². The number of nitro groups is 1. The van der Waals surface area contributed by atoms with Gasteiger partial charge in [-0.3, -0.25) is 10.1 Å².